The van der Waals surface area contributed by atoms with Crippen LogP contribution in [0.4, 0.5) is 11.4 Å². The molecule has 0 aliphatic carbocycles. The van der Waals surface area contributed by atoms with Crippen molar-refractivity contribution in [1.82, 2.24) is 0 Å². The van der Waals surface area contributed by atoms with Crippen LogP contribution < -0.4 is 9.64 Å². The van der Waals surface area contributed by atoms with Gasteiger partial charge in [0, 0.05) is 19.2 Å². The van der Waals surface area contributed by atoms with Gasteiger partial charge in [-0.05, 0) is 25.8 Å². The molecular formula is C12H16N2O3. The molecule has 0 amide bonds. The van der Waals surface area contributed by atoms with Gasteiger partial charge in [-0.1, -0.05) is 0 Å². The van der Waals surface area contributed by atoms with Crippen molar-refractivity contribution in [3.63, 3.8) is 0 Å². The molecule has 1 aliphatic rings. The molecule has 0 aromatic heterocycles. The van der Waals surface area contributed by atoms with E-state index in [0.717, 1.165) is 18.8 Å². The Balaban J connectivity index is 2.33. The van der Waals surface area contributed by atoms with Crippen LogP contribution in [-0.4, -0.2) is 24.6 Å². The lowest BCUT2D eigenvalue weighted by Gasteiger charge is -2.20. The number of hydrogen-bond acceptors (Lipinski definition) is 4. The zero-order chi connectivity index (χ0) is 12.3. The molecule has 5 heteroatoms. The summed E-state index contributed by atoms with van der Waals surface area (Å²) in [6.07, 6.45) is 2.34. The fourth-order valence-corrected chi connectivity index (χ4v) is 2.11. The van der Waals surface area contributed by atoms with Crippen molar-refractivity contribution in [3.05, 3.63) is 28.3 Å². The highest BCUT2D eigenvalue weighted by Crippen LogP contribution is 2.34. The van der Waals surface area contributed by atoms with Gasteiger partial charge in [0.05, 0.1) is 23.3 Å². The molecule has 0 atom stereocenters. The van der Waals surface area contributed by atoms with Gasteiger partial charge in [-0.25, -0.2) is 0 Å². The minimum atomic E-state index is -0.393. The lowest BCUT2D eigenvalue weighted by Crippen LogP contribution is -2.18. The van der Waals surface area contributed by atoms with Gasteiger partial charge >= 0.3 is 0 Å². The minimum absolute atomic E-state index is 0.0800. The van der Waals surface area contributed by atoms with Gasteiger partial charge in [0.25, 0.3) is 5.69 Å². The Hall–Kier alpha value is -1.78. The van der Waals surface area contributed by atoms with Gasteiger partial charge in [-0.15, -0.1) is 0 Å². The normalized spacial score (nSPS) is 15.0. The topological polar surface area (TPSA) is 55.6 Å². The van der Waals surface area contributed by atoms with Crippen molar-refractivity contribution >= 4 is 11.4 Å². The average molecular weight is 236 g/mol. The maximum atomic E-state index is 10.7. The molecule has 2 rings (SSSR count). The molecule has 1 fully saturated rings. The van der Waals surface area contributed by atoms with E-state index < -0.39 is 4.92 Å². The van der Waals surface area contributed by atoms with Gasteiger partial charge in [-0.3, -0.25) is 10.1 Å². The number of hydrogen-bond donors (Lipinski definition) is 0. The Labute approximate surface area is 100 Å². The van der Waals surface area contributed by atoms with E-state index in [1.165, 1.54) is 25.0 Å². The standard InChI is InChI=1S/C12H16N2O3/c1-2-17-12-9-10(14(15)16)5-6-11(12)13-7-3-4-8-13/h5-6,9H,2-4,7-8H2,1H3. The molecular weight excluding hydrogens is 220 g/mol. The quantitative estimate of drug-likeness (QED) is 0.595. The van der Waals surface area contributed by atoms with Crippen LogP contribution in [0.5, 0.6) is 5.75 Å². The summed E-state index contributed by atoms with van der Waals surface area (Å²) in [5, 5.41) is 10.7. The average Bonchev–Trinajstić information content (AvgIpc) is 2.82. The zero-order valence-corrected chi connectivity index (χ0v) is 9.89. The predicted molar refractivity (Wildman–Crippen MR) is 65.7 cm³/mol. The summed E-state index contributed by atoms with van der Waals surface area (Å²) in [5.41, 5.74) is 1.05. The summed E-state index contributed by atoms with van der Waals surface area (Å²) in [6, 6.07) is 4.84. The summed E-state index contributed by atoms with van der Waals surface area (Å²) in [5.74, 6) is 0.614. The number of non-ortho nitro benzene ring substituents is 1. The van der Waals surface area contributed by atoms with Crippen LogP contribution >= 0.6 is 0 Å². The summed E-state index contributed by atoms with van der Waals surface area (Å²) in [6.45, 7) is 4.39. The summed E-state index contributed by atoms with van der Waals surface area (Å²) < 4.78 is 5.49. The van der Waals surface area contributed by atoms with Crippen molar-refractivity contribution in [2.24, 2.45) is 0 Å². The first-order valence-corrected chi connectivity index (χ1v) is 5.88. The lowest BCUT2D eigenvalue weighted by molar-refractivity contribution is -0.384. The number of nitro benzene ring substituents is 1. The van der Waals surface area contributed by atoms with Gasteiger partial charge in [0.2, 0.25) is 0 Å². The maximum absolute atomic E-state index is 10.7. The van der Waals surface area contributed by atoms with Crippen molar-refractivity contribution < 1.29 is 9.66 Å². The summed E-state index contributed by atoms with van der Waals surface area (Å²) in [4.78, 5) is 12.6. The van der Waals surface area contributed by atoms with Crippen molar-refractivity contribution in [2.75, 3.05) is 24.6 Å². The largest absolute Gasteiger partial charge is 0.491 e. The third kappa shape index (κ3) is 2.49. The second-order valence-electron chi connectivity index (χ2n) is 4.04. The van der Waals surface area contributed by atoms with Crippen LogP contribution in [0.3, 0.4) is 0 Å². The van der Waals surface area contributed by atoms with Crippen molar-refractivity contribution in [2.45, 2.75) is 19.8 Å². The van der Waals surface area contributed by atoms with E-state index in [4.69, 9.17) is 4.74 Å². The molecule has 5 nitrogen and oxygen atoms in total. The molecule has 1 saturated heterocycles. The highest BCUT2D eigenvalue weighted by molar-refractivity contribution is 5.62. The maximum Gasteiger partial charge on any atom is 0.273 e. The van der Waals surface area contributed by atoms with Gasteiger partial charge < -0.3 is 9.64 Å². The monoisotopic (exact) mass is 236 g/mol. The molecule has 0 saturated carbocycles. The van der Waals surface area contributed by atoms with E-state index >= 15 is 0 Å². The molecule has 92 valence electrons. The Kier molecular flexibility index (Phi) is 3.46. The van der Waals surface area contributed by atoms with Crippen LogP contribution in [-0.2, 0) is 0 Å². The number of ether oxygens (including phenoxy) is 1. The SMILES string of the molecule is CCOc1cc([N+](=O)[O-])ccc1N1CCCC1. The number of benzene rings is 1. The molecule has 17 heavy (non-hydrogen) atoms. The van der Waals surface area contributed by atoms with Gasteiger partial charge in [0.15, 0.2) is 0 Å². The van der Waals surface area contributed by atoms with Crippen LogP contribution in [0.25, 0.3) is 0 Å². The van der Waals surface area contributed by atoms with Crippen molar-refractivity contribution in [3.8, 4) is 5.75 Å². The number of rotatable bonds is 4. The lowest BCUT2D eigenvalue weighted by atomic mass is 10.2. The second-order valence-corrected chi connectivity index (χ2v) is 4.04. The molecule has 0 spiro atoms. The smallest absolute Gasteiger partial charge is 0.273 e. The van der Waals surface area contributed by atoms with Crippen LogP contribution in [0.15, 0.2) is 18.2 Å². The fraction of sp³-hybridized carbons (Fsp3) is 0.500. The zero-order valence-electron chi connectivity index (χ0n) is 9.89. The molecule has 1 heterocycles. The van der Waals surface area contributed by atoms with Crippen LogP contribution in [0.2, 0.25) is 0 Å². The van der Waals surface area contributed by atoms with E-state index in [2.05, 4.69) is 4.90 Å². The highest BCUT2D eigenvalue weighted by Gasteiger charge is 2.19. The first-order valence-electron chi connectivity index (χ1n) is 5.88. The number of nitro groups is 1. The third-order valence-electron chi connectivity index (χ3n) is 2.90. The Morgan fingerprint density at radius 2 is 2.12 bits per heavy atom. The Morgan fingerprint density at radius 3 is 2.71 bits per heavy atom. The molecule has 0 N–H and O–H groups in total. The molecule has 0 radical (unpaired) electrons. The second kappa shape index (κ2) is 5.03. The minimum Gasteiger partial charge on any atom is -0.491 e. The van der Waals surface area contributed by atoms with Gasteiger partial charge in [-0.2, -0.15) is 0 Å². The van der Waals surface area contributed by atoms with E-state index in [1.807, 2.05) is 6.92 Å². The molecule has 0 bridgehead atoms. The molecule has 0 unspecified atom stereocenters. The first kappa shape index (κ1) is 11.7. The van der Waals surface area contributed by atoms with Crippen LogP contribution in [0, 0.1) is 10.1 Å². The van der Waals surface area contributed by atoms with E-state index in [-0.39, 0.29) is 5.69 Å². The predicted octanol–water partition coefficient (Wildman–Crippen LogP) is 2.59. The van der Waals surface area contributed by atoms with Gasteiger partial charge in [0.1, 0.15) is 5.75 Å². The fourth-order valence-electron chi connectivity index (χ4n) is 2.11. The van der Waals surface area contributed by atoms with E-state index in [1.54, 1.807) is 6.07 Å². The van der Waals surface area contributed by atoms with Crippen molar-refractivity contribution in [1.29, 1.82) is 0 Å². The first-order chi connectivity index (χ1) is 8.22. The molecule has 1 aliphatic heterocycles. The highest BCUT2D eigenvalue weighted by atomic mass is 16.6. The Morgan fingerprint density at radius 1 is 1.41 bits per heavy atom. The van der Waals surface area contributed by atoms with Crippen LogP contribution in [0.1, 0.15) is 19.8 Å². The molecule has 1 aromatic rings. The summed E-state index contributed by atoms with van der Waals surface area (Å²) >= 11 is 0. The Bertz CT molecular complexity index is 414. The number of nitrogens with zero attached hydrogens (tertiary/aromatic N) is 2. The van der Waals surface area contributed by atoms with E-state index in [0.29, 0.717) is 12.4 Å². The summed E-state index contributed by atoms with van der Waals surface area (Å²) in [7, 11) is 0. The van der Waals surface area contributed by atoms with E-state index in [9.17, 15) is 10.1 Å². The molecule has 1 aromatic carbocycles. The number of anilines is 1. The third-order valence-corrected chi connectivity index (χ3v) is 2.90.